The Morgan fingerprint density at radius 3 is 2.73 bits per heavy atom. The zero-order valence-electron chi connectivity index (χ0n) is 12.5. The first-order chi connectivity index (χ1) is 10.6. The van der Waals surface area contributed by atoms with Gasteiger partial charge >= 0.3 is 0 Å². The van der Waals surface area contributed by atoms with E-state index in [0.29, 0.717) is 0 Å². The van der Waals surface area contributed by atoms with Crippen molar-refractivity contribution in [3.05, 3.63) is 59.9 Å². The number of methoxy groups -OCH3 is 1. The van der Waals surface area contributed by atoms with Crippen LogP contribution in [0.1, 0.15) is 18.5 Å². The lowest BCUT2D eigenvalue weighted by atomic mass is 10.1. The molecule has 2 aromatic carbocycles. The summed E-state index contributed by atoms with van der Waals surface area (Å²) in [4.78, 5) is 11.9. The van der Waals surface area contributed by atoms with Gasteiger partial charge in [0.2, 0.25) is 0 Å². The predicted octanol–water partition coefficient (Wildman–Crippen LogP) is 3.09. The third-order valence-electron chi connectivity index (χ3n) is 3.17. The smallest absolute Gasteiger partial charge is 0.258 e. The number of rotatable bonds is 6. The molecule has 0 unspecified atom stereocenters. The van der Waals surface area contributed by atoms with Crippen LogP contribution in [0.5, 0.6) is 11.5 Å². The molecule has 1 amide bonds. The molecule has 0 fully saturated rings. The van der Waals surface area contributed by atoms with Gasteiger partial charge in [-0.1, -0.05) is 24.3 Å². The average Bonchev–Trinajstić information content (AvgIpc) is 2.54. The highest BCUT2D eigenvalue weighted by molar-refractivity contribution is 5.78. The zero-order chi connectivity index (χ0) is 15.9. The molecule has 0 aliphatic carbocycles. The Balaban J connectivity index is 1.90. The van der Waals surface area contributed by atoms with Gasteiger partial charge in [0.15, 0.2) is 18.2 Å². The second kappa shape index (κ2) is 7.45. The van der Waals surface area contributed by atoms with E-state index in [1.54, 1.807) is 19.2 Å². The molecule has 0 saturated heterocycles. The maximum atomic E-state index is 13.4. The van der Waals surface area contributed by atoms with Gasteiger partial charge in [0.25, 0.3) is 5.91 Å². The summed E-state index contributed by atoms with van der Waals surface area (Å²) in [5.41, 5.74) is 0.915. The topological polar surface area (TPSA) is 47.6 Å². The van der Waals surface area contributed by atoms with Crippen molar-refractivity contribution in [3.63, 3.8) is 0 Å². The molecule has 0 saturated carbocycles. The molecule has 22 heavy (non-hydrogen) atoms. The third-order valence-corrected chi connectivity index (χ3v) is 3.17. The van der Waals surface area contributed by atoms with Crippen molar-refractivity contribution in [1.82, 2.24) is 5.32 Å². The van der Waals surface area contributed by atoms with Crippen LogP contribution >= 0.6 is 0 Å². The van der Waals surface area contributed by atoms with E-state index in [-0.39, 0.29) is 24.3 Å². The van der Waals surface area contributed by atoms with Gasteiger partial charge in [0.05, 0.1) is 13.2 Å². The maximum Gasteiger partial charge on any atom is 0.258 e. The van der Waals surface area contributed by atoms with Crippen molar-refractivity contribution in [2.45, 2.75) is 13.0 Å². The molecule has 0 bridgehead atoms. The third kappa shape index (κ3) is 4.22. The van der Waals surface area contributed by atoms with Crippen LogP contribution in [-0.4, -0.2) is 19.6 Å². The first-order valence-corrected chi connectivity index (χ1v) is 6.91. The lowest BCUT2D eigenvalue weighted by molar-refractivity contribution is -0.123. The Morgan fingerprint density at radius 2 is 2.00 bits per heavy atom. The monoisotopic (exact) mass is 303 g/mol. The van der Waals surface area contributed by atoms with Crippen LogP contribution in [0.15, 0.2) is 48.5 Å². The lowest BCUT2D eigenvalue weighted by Crippen LogP contribution is -2.31. The fraction of sp³-hybridized carbons (Fsp3) is 0.235. The molecule has 2 rings (SSSR count). The van der Waals surface area contributed by atoms with Crippen molar-refractivity contribution in [2.24, 2.45) is 0 Å². The molecule has 1 N–H and O–H groups in total. The number of benzene rings is 2. The summed E-state index contributed by atoms with van der Waals surface area (Å²) in [5.74, 6) is -0.0254. The molecule has 1 atom stereocenters. The first-order valence-electron chi connectivity index (χ1n) is 6.91. The molecule has 0 radical (unpaired) electrons. The van der Waals surface area contributed by atoms with E-state index in [1.807, 2.05) is 31.2 Å². The largest absolute Gasteiger partial charge is 0.497 e. The van der Waals surface area contributed by atoms with E-state index in [9.17, 15) is 9.18 Å². The number of hydrogen-bond donors (Lipinski definition) is 1. The summed E-state index contributed by atoms with van der Waals surface area (Å²) in [7, 11) is 1.59. The van der Waals surface area contributed by atoms with Crippen molar-refractivity contribution in [3.8, 4) is 11.5 Å². The minimum Gasteiger partial charge on any atom is -0.497 e. The minimum absolute atomic E-state index is 0.0617. The van der Waals surface area contributed by atoms with E-state index in [4.69, 9.17) is 9.47 Å². The molecule has 5 heteroatoms. The molecule has 0 heterocycles. The maximum absolute atomic E-state index is 13.4. The summed E-state index contributed by atoms with van der Waals surface area (Å²) < 4.78 is 23.7. The van der Waals surface area contributed by atoms with Crippen LogP contribution in [0.2, 0.25) is 0 Å². The molecule has 116 valence electrons. The highest BCUT2D eigenvalue weighted by Gasteiger charge is 2.11. The van der Waals surface area contributed by atoms with Crippen LogP contribution in [0.3, 0.4) is 0 Å². The van der Waals surface area contributed by atoms with Crippen molar-refractivity contribution in [1.29, 1.82) is 0 Å². The molecule has 4 nitrogen and oxygen atoms in total. The van der Waals surface area contributed by atoms with Gasteiger partial charge in [0, 0.05) is 0 Å². The fourth-order valence-corrected chi connectivity index (χ4v) is 1.98. The van der Waals surface area contributed by atoms with Crippen molar-refractivity contribution in [2.75, 3.05) is 13.7 Å². The number of para-hydroxylation sites is 1. The quantitative estimate of drug-likeness (QED) is 0.892. The number of halogens is 1. The average molecular weight is 303 g/mol. The minimum atomic E-state index is -0.490. The molecular formula is C17H18FNO3. The summed E-state index contributed by atoms with van der Waals surface area (Å²) in [6.07, 6.45) is 0. The highest BCUT2D eigenvalue weighted by Crippen LogP contribution is 2.19. The van der Waals surface area contributed by atoms with Crippen LogP contribution in [0, 0.1) is 5.82 Å². The fourth-order valence-electron chi connectivity index (χ4n) is 1.98. The van der Waals surface area contributed by atoms with Gasteiger partial charge < -0.3 is 14.8 Å². The number of nitrogens with one attached hydrogen (secondary N) is 1. The van der Waals surface area contributed by atoms with Crippen LogP contribution < -0.4 is 14.8 Å². The molecule has 0 spiro atoms. The van der Waals surface area contributed by atoms with Crippen molar-refractivity contribution >= 4 is 5.91 Å². The number of hydrogen-bond acceptors (Lipinski definition) is 3. The number of carbonyl (C=O) groups is 1. The van der Waals surface area contributed by atoms with E-state index in [0.717, 1.165) is 11.3 Å². The predicted molar refractivity (Wildman–Crippen MR) is 81.4 cm³/mol. The Kier molecular flexibility index (Phi) is 5.36. The Morgan fingerprint density at radius 1 is 1.23 bits per heavy atom. The standard InChI is InChI=1S/C17H18FNO3/c1-12(13-6-5-7-14(10-13)21-2)19-17(20)11-22-16-9-4-3-8-15(16)18/h3-10,12H,11H2,1-2H3,(H,19,20)/t12-/m0/s1. The summed E-state index contributed by atoms with van der Waals surface area (Å²) in [6, 6.07) is 13.2. The molecule has 0 aliphatic heterocycles. The van der Waals surface area contributed by atoms with Gasteiger partial charge in [-0.3, -0.25) is 4.79 Å². The normalized spacial score (nSPS) is 11.6. The summed E-state index contributed by atoms with van der Waals surface area (Å²) >= 11 is 0. The van der Waals surface area contributed by atoms with Gasteiger partial charge in [0.1, 0.15) is 5.75 Å². The van der Waals surface area contributed by atoms with Crippen LogP contribution in [0.4, 0.5) is 4.39 Å². The van der Waals surface area contributed by atoms with Gasteiger partial charge in [-0.2, -0.15) is 0 Å². The van der Waals surface area contributed by atoms with E-state index in [1.165, 1.54) is 12.1 Å². The Bertz CT molecular complexity index is 645. The summed E-state index contributed by atoms with van der Waals surface area (Å²) in [6.45, 7) is 1.62. The number of carbonyl (C=O) groups excluding carboxylic acids is 1. The summed E-state index contributed by atoms with van der Waals surface area (Å²) in [5, 5.41) is 2.80. The second-order valence-electron chi connectivity index (χ2n) is 4.78. The Hall–Kier alpha value is -2.56. The van der Waals surface area contributed by atoms with Crippen LogP contribution in [-0.2, 0) is 4.79 Å². The number of amides is 1. The van der Waals surface area contributed by atoms with E-state index in [2.05, 4.69) is 5.32 Å². The highest BCUT2D eigenvalue weighted by atomic mass is 19.1. The Labute approximate surface area is 128 Å². The molecule has 0 aromatic heterocycles. The van der Waals surface area contributed by atoms with Gasteiger partial charge in [-0.15, -0.1) is 0 Å². The second-order valence-corrected chi connectivity index (χ2v) is 4.78. The van der Waals surface area contributed by atoms with Crippen LogP contribution in [0.25, 0.3) is 0 Å². The molecular weight excluding hydrogens is 285 g/mol. The van der Waals surface area contributed by atoms with E-state index >= 15 is 0 Å². The number of ether oxygens (including phenoxy) is 2. The van der Waals surface area contributed by atoms with E-state index < -0.39 is 5.82 Å². The SMILES string of the molecule is COc1cccc([C@H](C)NC(=O)COc2ccccc2F)c1. The molecule has 2 aromatic rings. The van der Waals surface area contributed by atoms with Gasteiger partial charge in [-0.05, 0) is 36.8 Å². The lowest BCUT2D eigenvalue weighted by Gasteiger charge is -2.15. The van der Waals surface area contributed by atoms with Crippen molar-refractivity contribution < 1.29 is 18.7 Å². The zero-order valence-corrected chi connectivity index (χ0v) is 12.5. The van der Waals surface area contributed by atoms with Gasteiger partial charge in [-0.25, -0.2) is 4.39 Å². The molecule has 0 aliphatic rings. The first kappa shape index (κ1) is 15.8.